The first kappa shape index (κ1) is 26.1. The second-order valence-electron chi connectivity index (χ2n) is 10.9. The zero-order valence-electron chi connectivity index (χ0n) is 22.7. The highest BCUT2D eigenvalue weighted by Gasteiger charge is 2.53. The molecule has 0 unspecified atom stereocenters. The molecule has 1 aromatic heterocycles. The van der Waals surface area contributed by atoms with Crippen LogP contribution in [0.1, 0.15) is 60.1 Å². The smallest absolute Gasteiger partial charge is 0.272 e. The molecular weight excluding hydrogens is 505 g/mol. The topological polar surface area (TPSA) is 63.6 Å². The van der Waals surface area contributed by atoms with Crippen LogP contribution in [0.2, 0.25) is 0 Å². The van der Waals surface area contributed by atoms with Crippen molar-refractivity contribution in [2.45, 2.75) is 63.2 Å². The number of rotatable bonds is 6. The molecule has 0 saturated heterocycles. The summed E-state index contributed by atoms with van der Waals surface area (Å²) in [6, 6.07) is 23.5. The normalized spacial score (nSPS) is 19.8. The quantitative estimate of drug-likeness (QED) is 0.298. The molecule has 1 aliphatic carbocycles. The van der Waals surface area contributed by atoms with E-state index in [4.69, 9.17) is 4.74 Å². The average molecular weight is 540 g/mol. The third-order valence-electron chi connectivity index (χ3n) is 8.53. The van der Waals surface area contributed by atoms with Gasteiger partial charge >= 0.3 is 0 Å². The average Bonchev–Trinajstić information content (AvgIpc) is 3.14. The number of carbonyl (C=O) groups is 2. The van der Waals surface area contributed by atoms with Crippen molar-refractivity contribution in [2.75, 3.05) is 7.11 Å². The first-order valence-electron chi connectivity index (χ1n) is 14.1. The van der Waals surface area contributed by atoms with Crippen molar-refractivity contribution >= 4 is 22.7 Å². The van der Waals surface area contributed by atoms with Crippen molar-refractivity contribution in [3.8, 4) is 5.75 Å². The molecule has 2 heterocycles. The molecule has 0 spiro atoms. The molecular formula is C33H34FN3O3. The van der Waals surface area contributed by atoms with Gasteiger partial charge in [0, 0.05) is 23.1 Å². The maximum atomic E-state index is 15.0. The van der Waals surface area contributed by atoms with Crippen molar-refractivity contribution in [1.82, 2.24) is 14.8 Å². The lowest BCUT2D eigenvalue weighted by atomic mass is 9.83. The standard InChI is InChI=1S/C33H34FN3O3/c1-40-27-18-17-23-19-30-31(38)37(21-24-11-9-10-16-28(24)34)33(22-36(30)29(23)20-27,25-12-5-4-6-13-25)32(39)35-26-14-7-2-3-8-15-26/h4-6,9-13,16-20,26H,2-3,7-8,14-15,21-22H2,1H3,(H,35,39)/t33-/m1/s1. The molecule has 40 heavy (non-hydrogen) atoms. The summed E-state index contributed by atoms with van der Waals surface area (Å²) in [7, 11) is 1.61. The lowest BCUT2D eigenvalue weighted by Crippen LogP contribution is -2.64. The number of hydrogen-bond acceptors (Lipinski definition) is 3. The van der Waals surface area contributed by atoms with E-state index in [9.17, 15) is 9.59 Å². The number of ether oxygens (including phenoxy) is 1. The molecule has 0 radical (unpaired) electrons. The van der Waals surface area contributed by atoms with E-state index >= 15 is 4.39 Å². The molecule has 2 aliphatic rings. The van der Waals surface area contributed by atoms with Gasteiger partial charge in [0.25, 0.3) is 11.8 Å². The zero-order chi connectivity index (χ0) is 27.7. The van der Waals surface area contributed by atoms with Gasteiger partial charge in [0.05, 0.1) is 25.7 Å². The summed E-state index contributed by atoms with van der Waals surface area (Å²) in [5.41, 5.74) is 0.949. The highest BCUT2D eigenvalue weighted by Crippen LogP contribution is 2.41. The van der Waals surface area contributed by atoms with Crippen LogP contribution in [0.5, 0.6) is 5.75 Å². The fourth-order valence-electron chi connectivity index (χ4n) is 6.35. The minimum absolute atomic E-state index is 0.0314. The Labute approximate surface area is 233 Å². The summed E-state index contributed by atoms with van der Waals surface area (Å²) in [5, 5.41) is 4.23. The molecule has 7 heteroatoms. The molecule has 4 aromatic rings. The van der Waals surface area contributed by atoms with Crippen LogP contribution in [-0.2, 0) is 23.4 Å². The van der Waals surface area contributed by atoms with Gasteiger partial charge in [0.15, 0.2) is 5.54 Å². The maximum Gasteiger partial charge on any atom is 0.272 e. The summed E-state index contributed by atoms with van der Waals surface area (Å²) < 4.78 is 22.5. The van der Waals surface area contributed by atoms with Gasteiger partial charge in [-0.3, -0.25) is 9.59 Å². The van der Waals surface area contributed by atoms with Crippen LogP contribution in [-0.4, -0.2) is 34.4 Å². The molecule has 6 nitrogen and oxygen atoms in total. The van der Waals surface area contributed by atoms with Gasteiger partial charge < -0.3 is 19.5 Å². The van der Waals surface area contributed by atoms with Gasteiger partial charge in [0.2, 0.25) is 0 Å². The molecule has 1 saturated carbocycles. The lowest BCUT2D eigenvalue weighted by Gasteiger charge is -2.47. The van der Waals surface area contributed by atoms with Crippen LogP contribution in [0.4, 0.5) is 4.39 Å². The first-order valence-corrected chi connectivity index (χ1v) is 14.1. The van der Waals surface area contributed by atoms with Crippen LogP contribution in [0.3, 0.4) is 0 Å². The van der Waals surface area contributed by atoms with Crippen molar-refractivity contribution in [3.05, 3.63) is 102 Å². The summed E-state index contributed by atoms with van der Waals surface area (Å²) in [5.74, 6) is -0.282. The Morgan fingerprint density at radius 1 is 0.975 bits per heavy atom. The number of fused-ring (bicyclic) bond motifs is 3. The van der Waals surface area contributed by atoms with Crippen molar-refractivity contribution in [1.29, 1.82) is 0 Å². The number of carbonyl (C=O) groups excluding carboxylic acids is 2. The Bertz CT molecular complexity index is 1540. The lowest BCUT2D eigenvalue weighted by molar-refractivity contribution is -0.136. The Balaban J connectivity index is 1.55. The second-order valence-corrected chi connectivity index (χ2v) is 10.9. The number of nitrogens with zero attached hydrogens (tertiary/aromatic N) is 2. The SMILES string of the molecule is COc1ccc2cc3n(c2c1)C[C@](C(=O)NC1CCCCCC1)(c1ccccc1)N(Cc1ccccc1F)C3=O. The number of benzene rings is 3. The third kappa shape index (κ3) is 4.53. The van der Waals surface area contributed by atoms with Crippen molar-refractivity contribution < 1.29 is 18.7 Å². The molecule has 6 rings (SSSR count). The van der Waals surface area contributed by atoms with E-state index in [1.165, 1.54) is 6.07 Å². The summed E-state index contributed by atoms with van der Waals surface area (Å²) >= 11 is 0. The van der Waals surface area contributed by atoms with Crippen LogP contribution in [0, 0.1) is 5.82 Å². The fraction of sp³-hybridized carbons (Fsp3) is 0.333. The third-order valence-corrected chi connectivity index (χ3v) is 8.53. The van der Waals surface area contributed by atoms with E-state index in [1.807, 2.05) is 59.2 Å². The Kier molecular flexibility index (Phi) is 7.05. The summed E-state index contributed by atoms with van der Waals surface area (Å²) in [6.07, 6.45) is 6.27. The van der Waals surface area contributed by atoms with E-state index in [2.05, 4.69) is 5.32 Å². The molecule has 1 N–H and O–H groups in total. The minimum Gasteiger partial charge on any atom is -0.497 e. The number of halogens is 1. The van der Waals surface area contributed by atoms with E-state index < -0.39 is 11.4 Å². The Morgan fingerprint density at radius 2 is 1.70 bits per heavy atom. The summed E-state index contributed by atoms with van der Waals surface area (Å²) in [6.45, 7) is 0.158. The fourth-order valence-corrected chi connectivity index (χ4v) is 6.35. The zero-order valence-corrected chi connectivity index (χ0v) is 22.7. The van der Waals surface area contributed by atoms with Gasteiger partial charge in [-0.25, -0.2) is 4.39 Å². The summed E-state index contributed by atoms with van der Waals surface area (Å²) in [4.78, 5) is 30.7. The van der Waals surface area contributed by atoms with Gasteiger partial charge in [0.1, 0.15) is 17.3 Å². The van der Waals surface area contributed by atoms with Gasteiger partial charge in [-0.2, -0.15) is 0 Å². The number of nitrogens with one attached hydrogen (secondary N) is 1. The van der Waals surface area contributed by atoms with Crippen LogP contribution >= 0.6 is 0 Å². The van der Waals surface area contributed by atoms with Crippen molar-refractivity contribution in [2.24, 2.45) is 0 Å². The molecule has 0 bridgehead atoms. The molecule has 3 aromatic carbocycles. The van der Waals surface area contributed by atoms with E-state index in [-0.39, 0.29) is 30.9 Å². The number of aromatic nitrogens is 1. The van der Waals surface area contributed by atoms with Gasteiger partial charge in [-0.05, 0) is 42.7 Å². The molecule has 2 amide bonds. The van der Waals surface area contributed by atoms with Gasteiger partial charge in [-0.1, -0.05) is 74.2 Å². The maximum absolute atomic E-state index is 15.0. The highest BCUT2D eigenvalue weighted by atomic mass is 19.1. The van der Waals surface area contributed by atoms with Crippen LogP contribution in [0.25, 0.3) is 10.9 Å². The molecule has 1 fully saturated rings. The molecule has 1 atom stereocenters. The highest BCUT2D eigenvalue weighted by molar-refractivity contribution is 6.04. The largest absolute Gasteiger partial charge is 0.497 e. The predicted octanol–water partition coefficient (Wildman–Crippen LogP) is 6.18. The van der Waals surface area contributed by atoms with Gasteiger partial charge in [-0.15, -0.1) is 0 Å². The number of hydrogen-bond donors (Lipinski definition) is 1. The number of methoxy groups -OCH3 is 1. The Morgan fingerprint density at radius 3 is 2.42 bits per heavy atom. The minimum atomic E-state index is -1.39. The van der Waals surface area contributed by atoms with E-state index in [1.54, 1.807) is 30.2 Å². The monoisotopic (exact) mass is 539 g/mol. The van der Waals surface area contributed by atoms with Crippen LogP contribution in [0.15, 0.2) is 78.9 Å². The Hall–Kier alpha value is -4.13. The predicted molar refractivity (Wildman–Crippen MR) is 153 cm³/mol. The van der Waals surface area contributed by atoms with E-state index in [0.717, 1.165) is 49.4 Å². The second kappa shape index (κ2) is 10.8. The molecule has 206 valence electrons. The van der Waals surface area contributed by atoms with E-state index in [0.29, 0.717) is 22.6 Å². The molecule has 1 aliphatic heterocycles. The number of amides is 2. The van der Waals surface area contributed by atoms with Crippen LogP contribution < -0.4 is 10.1 Å². The first-order chi connectivity index (χ1) is 19.5. The van der Waals surface area contributed by atoms with Crippen molar-refractivity contribution in [3.63, 3.8) is 0 Å².